The molecule has 0 heterocycles. The second kappa shape index (κ2) is 5.55. The summed E-state index contributed by atoms with van der Waals surface area (Å²) in [5.41, 5.74) is 2.51. The summed E-state index contributed by atoms with van der Waals surface area (Å²) in [7, 11) is 0. The molecule has 16 heavy (non-hydrogen) atoms. The van der Waals surface area contributed by atoms with Crippen LogP contribution in [0.4, 0.5) is 5.69 Å². The second-order valence-electron chi connectivity index (χ2n) is 5.06. The molecular formula is C13H21ClN2. The number of benzene rings is 1. The summed E-state index contributed by atoms with van der Waals surface area (Å²) in [6.45, 7) is 10.4. The molecule has 0 amide bonds. The van der Waals surface area contributed by atoms with Crippen LogP contribution in [0, 0.1) is 6.92 Å². The van der Waals surface area contributed by atoms with E-state index in [2.05, 4.69) is 38.3 Å². The third-order valence-electron chi connectivity index (χ3n) is 2.30. The van der Waals surface area contributed by atoms with E-state index in [0.29, 0.717) is 0 Å². The first kappa shape index (κ1) is 13.3. The third kappa shape index (κ3) is 4.86. The lowest BCUT2D eigenvalue weighted by molar-refractivity contribution is 0.435. The minimum Gasteiger partial charge on any atom is -0.384 e. The molecule has 0 radical (unpaired) electrons. The molecule has 0 fully saturated rings. The van der Waals surface area contributed by atoms with Crippen LogP contribution in [0.1, 0.15) is 26.3 Å². The first-order valence-corrected chi connectivity index (χ1v) is 6.01. The summed E-state index contributed by atoms with van der Waals surface area (Å²) in [4.78, 5) is 0. The van der Waals surface area contributed by atoms with Crippen LogP contribution in [0.3, 0.4) is 0 Å². The number of hydrogen-bond donors (Lipinski definition) is 2. The number of aryl methyl sites for hydroxylation is 1. The van der Waals surface area contributed by atoms with Crippen molar-refractivity contribution in [3.63, 3.8) is 0 Å². The van der Waals surface area contributed by atoms with Crippen LogP contribution in [-0.4, -0.2) is 18.6 Å². The zero-order chi connectivity index (χ0) is 12.2. The highest BCUT2D eigenvalue weighted by Gasteiger charge is 2.07. The van der Waals surface area contributed by atoms with E-state index in [1.807, 2.05) is 18.2 Å². The largest absolute Gasteiger partial charge is 0.384 e. The summed E-state index contributed by atoms with van der Waals surface area (Å²) in [6, 6.07) is 5.91. The molecule has 0 atom stereocenters. The van der Waals surface area contributed by atoms with Gasteiger partial charge in [-0.25, -0.2) is 0 Å². The van der Waals surface area contributed by atoms with E-state index >= 15 is 0 Å². The van der Waals surface area contributed by atoms with Gasteiger partial charge < -0.3 is 10.6 Å². The minimum absolute atomic E-state index is 0.172. The van der Waals surface area contributed by atoms with Crippen molar-refractivity contribution in [2.75, 3.05) is 18.4 Å². The molecule has 1 aromatic carbocycles. The molecule has 1 rings (SSSR count). The lowest BCUT2D eigenvalue weighted by atomic mass is 10.1. The first-order chi connectivity index (χ1) is 7.38. The fraction of sp³-hybridized carbons (Fsp3) is 0.538. The normalized spacial score (nSPS) is 11.6. The fourth-order valence-electron chi connectivity index (χ4n) is 1.42. The minimum atomic E-state index is 0.172. The van der Waals surface area contributed by atoms with Crippen LogP contribution < -0.4 is 10.6 Å². The van der Waals surface area contributed by atoms with Crippen molar-refractivity contribution in [3.05, 3.63) is 28.8 Å². The number of anilines is 1. The summed E-state index contributed by atoms with van der Waals surface area (Å²) in [5, 5.41) is 7.58. The van der Waals surface area contributed by atoms with E-state index in [0.717, 1.165) is 23.8 Å². The third-order valence-corrected chi connectivity index (χ3v) is 2.53. The van der Waals surface area contributed by atoms with Crippen molar-refractivity contribution >= 4 is 17.3 Å². The molecule has 2 N–H and O–H groups in total. The van der Waals surface area contributed by atoms with Gasteiger partial charge in [0.1, 0.15) is 0 Å². The van der Waals surface area contributed by atoms with Crippen molar-refractivity contribution in [2.45, 2.75) is 33.2 Å². The van der Waals surface area contributed by atoms with E-state index < -0.39 is 0 Å². The van der Waals surface area contributed by atoms with Gasteiger partial charge in [-0.1, -0.05) is 17.7 Å². The van der Waals surface area contributed by atoms with Gasteiger partial charge in [-0.05, 0) is 45.4 Å². The van der Waals surface area contributed by atoms with Gasteiger partial charge in [0.05, 0.1) is 0 Å². The number of rotatable bonds is 4. The second-order valence-corrected chi connectivity index (χ2v) is 5.50. The highest BCUT2D eigenvalue weighted by Crippen LogP contribution is 2.19. The SMILES string of the molecule is Cc1ccc(Cl)cc1NCCNC(C)(C)C. The Morgan fingerprint density at radius 2 is 1.88 bits per heavy atom. The molecular weight excluding hydrogens is 220 g/mol. The Bertz CT molecular complexity index is 342. The smallest absolute Gasteiger partial charge is 0.0426 e. The first-order valence-electron chi connectivity index (χ1n) is 5.63. The van der Waals surface area contributed by atoms with Crippen LogP contribution in [0.25, 0.3) is 0 Å². The van der Waals surface area contributed by atoms with Gasteiger partial charge in [-0.2, -0.15) is 0 Å². The molecule has 0 saturated heterocycles. The topological polar surface area (TPSA) is 24.1 Å². The van der Waals surface area contributed by atoms with Gasteiger partial charge >= 0.3 is 0 Å². The van der Waals surface area contributed by atoms with Gasteiger partial charge in [-0.15, -0.1) is 0 Å². The molecule has 90 valence electrons. The molecule has 0 bridgehead atoms. The lowest BCUT2D eigenvalue weighted by Gasteiger charge is -2.21. The van der Waals surface area contributed by atoms with E-state index in [-0.39, 0.29) is 5.54 Å². The standard InChI is InChI=1S/C13H21ClN2/c1-10-5-6-11(14)9-12(10)15-7-8-16-13(2,3)4/h5-6,9,15-16H,7-8H2,1-4H3. The number of hydrogen-bond acceptors (Lipinski definition) is 2. The van der Waals surface area contributed by atoms with Crippen LogP contribution in [0.15, 0.2) is 18.2 Å². The Morgan fingerprint density at radius 3 is 2.50 bits per heavy atom. The molecule has 0 spiro atoms. The van der Waals surface area contributed by atoms with E-state index in [4.69, 9.17) is 11.6 Å². The molecule has 1 aromatic rings. The van der Waals surface area contributed by atoms with E-state index in [9.17, 15) is 0 Å². The number of halogens is 1. The van der Waals surface area contributed by atoms with Crippen LogP contribution in [0.5, 0.6) is 0 Å². The van der Waals surface area contributed by atoms with Crippen molar-refractivity contribution in [1.29, 1.82) is 0 Å². The average Bonchev–Trinajstić information content (AvgIpc) is 2.16. The Labute approximate surface area is 103 Å². The van der Waals surface area contributed by atoms with Gasteiger partial charge in [0.2, 0.25) is 0 Å². The van der Waals surface area contributed by atoms with E-state index in [1.54, 1.807) is 0 Å². The van der Waals surface area contributed by atoms with Crippen molar-refractivity contribution in [2.24, 2.45) is 0 Å². The Morgan fingerprint density at radius 1 is 1.19 bits per heavy atom. The summed E-state index contributed by atoms with van der Waals surface area (Å²) < 4.78 is 0. The molecule has 0 aliphatic rings. The van der Waals surface area contributed by atoms with Crippen LogP contribution in [0.2, 0.25) is 5.02 Å². The van der Waals surface area contributed by atoms with Gasteiger partial charge in [0, 0.05) is 29.3 Å². The fourth-order valence-corrected chi connectivity index (χ4v) is 1.59. The molecule has 2 nitrogen and oxygen atoms in total. The van der Waals surface area contributed by atoms with E-state index in [1.165, 1.54) is 5.56 Å². The predicted octanol–water partition coefficient (Wildman–Crippen LogP) is 3.45. The zero-order valence-electron chi connectivity index (χ0n) is 10.5. The summed E-state index contributed by atoms with van der Waals surface area (Å²) >= 11 is 5.95. The quantitative estimate of drug-likeness (QED) is 0.788. The molecule has 0 aliphatic carbocycles. The summed E-state index contributed by atoms with van der Waals surface area (Å²) in [6.07, 6.45) is 0. The van der Waals surface area contributed by atoms with Crippen LogP contribution >= 0.6 is 11.6 Å². The van der Waals surface area contributed by atoms with Gasteiger partial charge in [0.25, 0.3) is 0 Å². The maximum absolute atomic E-state index is 5.95. The Kier molecular flexibility index (Phi) is 4.63. The molecule has 0 saturated carbocycles. The van der Waals surface area contributed by atoms with Gasteiger partial charge in [-0.3, -0.25) is 0 Å². The van der Waals surface area contributed by atoms with Gasteiger partial charge in [0.15, 0.2) is 0 Å². The monoisotopic (exact) mass is 240 g/mol. The highest BCUT2D eigenvalue weighted by atomic mass is 35.5. The predicted molar refractivity (Wildman–Crippen MR) is 72.4 cm³/mol. The lowest BCUT2D eigenvalue weighted by Crippen LogP contribution is -2.38. The molecule has 0 unspecified atom stereocenters. The number of nitrogens with one attached hydrogen (secondary N) is 2. The van der Waals surface area contributed by atoms with Crippen molar-refractivity contribution < 1.29 is 0 Å². The maximum Gasteiger partial charge on any atom is 0.0426 e. The van der Waals surface area contributed by atoms with Crippen molar-refractivity contribution in [1.82, 2.24) is 5.32 Å². The molecule has 0 aromatic heterocycles. The Hall–Kier alpha value is -0.730. The summed E-state index contributed by atoms with van der Waals surface area (Å²) in [5.74, 6) is 0. The zero-order valence-corrected chi connectivity index (χ0v) is 11.3. The average molecular weight is 241 g/mol. The molecule has 0 aliphatic heterocycles. The van der Waals surface area contributed by atoms with Crippen molar-refractivity contribution in [3.8, 4) is 0 Å². The highest BCUT2D eigenvalue weighted by molar-refractivity contribution is 6.30. The van der Waals surface area contributed by atoms with Crippen LogP contribution in [-0.2, 0) is 0 Å². The molecule has 3 heteroatoms. The maximum atomic E-state index is 5.95. The Balaban J connectivity index is 2.40.